The van der Waals surface area contributed by atoms with Crippen LogP contribution < -0.4 is 10.1 Å². The first-order valence-corrected chi connectivity index (χ1v) is 8.65. The molecule has 148 valence electrons. The lowest BCUT2D eigenvalue weighted by Crippen LogP contribution is -2.46. The second kappa shape index (κ2) is 8.28. The number of methoxy groups -OCH3 is 1. The molecule has 1 aliphatic heterocycles. The van der Waals surface area contributed by atoms with Crippen molar-refractivity contribution in [2.45, 2.75) is 32.2 Å². The number of halogens is 5. The molecule has 3 atom stereocenters. The smallest absolute Gasteiger partial charge is 0.425 e. The van der Waals surface area contributed by atoms with Gasteiger partial charge in [0.1, 0.15) is 17.6 Å². The first-order chi connectivity index (χ1) is 12.5. The summed E-state index contributed by atoms with van der Waals surface area (Å²) >= 11 is 2.88. The molecule has 0 bridgehead atoms. The van der Waals surface area contributed by atoms with E-state index in [4.69, 9.17) is 9.47 Å². The highest BCUT2D eigenvalue weighted by Gasteiger charge is 2.39. The van der Waals surface area contributed by atoms with E-state index in [9.17, 15) is 22.4 Å². The summed E-state index contributed by atoms with van der Waals surface area (Å²) in [6, 6.07) is 1.14. The van der Waals surface area contributed by atoms with E-state index in [0.717, 1.165) is 19.1 Å². The number of alkyl halides is 3. The number of carbonyl (C=O) groups is 1. The summed E-state index contributed by atoms with van der Waals surface area (Å²) in [5, 5.41) is 2.60. The summed E-state index contributed by atoms with van der Waals surface area (Å²) in [5.74, 6) is -2.00. The van der Waals surface area contributed by atoms with Crippen molar-refractivity contribution in [3.8, 4) is 5.75 Å². The maximum Gasteiger partial charge on any atom is 0.425 e. The van der Waals surface area contributed by atoms with Crippen LogP contribution in [0.15, 0.2) is 33.9 Å². The normalized spacial score (nSPS) is 20.7. The highest BCUT2D eigenvalue weighted by Crippen LogP contribution is 2.31. The number of aliphatic imine (C=N–C) groups is 1. The average Bonchev–Trinajstić information content (AvgIpc) is 2.58. The largest absolute Gasteiger partial charge is 0.483 e. The van der Waals surface area contributed by atoms with Gasteiger partial charge in [-0.05, 0) is 35.0 Å². The van der Waals surface area contributed by atoms with Crippen LogP contribution in [0.1, 0.15) is 24.2 Å². The first kappa shape index (κ1) is 21.2. The van der Waals surface area contributed by atoms with Gasteiger partial charge in [-0.2, -0.15) is 13.2 Å². The Morgan fingerprint density at radius 3 is 2.63 bits per heavy atom. The van der Waals surface area contributed by atoms with E-state index in [0.29, 0.717) is 0 Å². The number of amides is 1. The van der Waals surface area contributed by atoms with Crippen LogP contribution in [0.4, 0.5) is 17.6 Å². The molecule has 2 unspecified atom stereocenters. The lowest BCUT2D eigenvalue weighted by molar-refractivity contribution is -0.189. The number of carbonyl (C=O) groups excluding carboxylic acids is 1. The van der Waals surface area contributed by atoms with Gasteiger partial charge in [-0.3, -0.25) is 4.79 Å². The molecule has 10 heteroatoms. The van der Waals surface area contributed by atoms with Crippen molar-refractivity contribution >= 4 is 27.7 Å². The number of nitrogens with zero attached hydrogens (tertiary/aromatic N) is 1. The Kier molecular flexibility index (Phi) is 6.50. The average molecular weight is 453 g/mol. The quantitative estimate of drug-likeness (QED) is 0.695. The minimum atomic E-state index is -4.65. The van der Waals surface area contributed by atoms with Crippen LogP contribution in [0, 0.1) is 11.7 Å². The fourth-order valence-corrected chi connectivity index (χ4v) is 2.64. The fourth-order valence-electron chi connectivity index (χ4n) is 2.32. The molecule has 0 spiro atoms. The monoisotopic (exact) mass is 452 g/mol. The van der Waals surface area contributed by atoms with Crippen LogP contribution in [0.2, 0.25) is 0 Å². The van der Waals surface area contributed by atoms with Gasteiger partial charge in [0.15, 0.2) is 6.10 Å². The van der Waals surface area contributed by atoms with Crippen molar-refractivity contribution in [1.29, 1.82) is 0 Å². The number of benzene rings is 1. The third kappa shape index (κ3) is 5.00. The maximum atomic E-state index is 13.9. The van der Waals surface area contributed by atoms with Crippen molar-refractivity contribution in [3.63, 3.8) is 0 Å². The molecule has 1 aliphatic rings. The number of hydrogen-bond acceptors (Lipinski definition) is 4. The third-order valence-electron chi connectivity index (χ3n) is 3.91. The number of hydrogen-bond donors (Lipinski definition) is 1. The van der Waals surface area contributed by atoms with Crippen LogP contribution in [0.25, 0.3) is 0 Å². The van der Waals surface area contributed by atoms with Crippen LogP contribution in [-0.4, -0.2) is 37.2 Å². The van der Waals surface area contributed by atoms with Crippen LogP contribution in [-0.2, 0) is 4.74 Å². The molecule has 5 nitrogen and oxygen atoms in total. The van der Waals surface area contributed by atoms with E-state index >= 15 is 0 Å². The molecule has 0 aromatic heterocycles. The molecule has 2 rings (SSSR count). The molecule has 1 heterocycles. The second-order valence-corrected chi connectivity index (χ2v) is 6.74. The third-order valence-corrected chi connectivity index (χ3v) is 4.52. The zero-order valence-electron chi connectivity index (χ0n) is 14.6. The number of rotatable bonds is 4. The molecule has 0 saturated carbocycles. The summed E-state index contributed by atoms with van der Waals surface area (Å²) in [6.45, 7) is 2.59. The maximum absolute atomic E-state index is 13.9. The lowest BCUT2D eigenvalue weighted by atomic mass is 9.99. The molecule has 0 radical (unpaired) electrons. The lowest BCUT2D eigenvalue weighted by Gasteiger charge is -2.26. The highest BCUT2D eigenvalue weighted by atomic mass is 79.9. The molecule has 0 saturated heterocycles. The van der Waals surface area contributed by atoms with E-state index < -0.39 is 35.8 Å². The Bertz CT molecular complexity index is 780. The van der Waals surface area contributed by atoms with Crippen molar-refractivity contribution in [2.75, 3.05) is 7.11 Å². The van der Waals surface area contributed by atoms with E-state index in [1.807, 2.05) is 0 Å². The summed E-state index contributed by atoms with van der Waals surface area (Å²) in [5.41, 5.74) is -0.371. The van der Waals surface area contributed by atoms with Gasteiger partial charge in [-0.25, -0.2) is 9.38 Å². The number of nitrogens with one attached hydrogen (secondary N) is 1. The SMILES string of the molecule is COC1=NC=CC(C)C1NC(=O)c1cc(F)c(Br)cc1O[C@@H](C)C(F)(F)F. The highest BCUT2D eigenvalue weighted by molar-refractivity contribution is 9.10. The van der Waals surface area contributed by atoms with Gasteiger partial charge < -0.3 is 14.8 Å². The first-order valence-electron chi connectivity index (χ1n) is 7.86. The van der Waals surface area contributed by atoms with E-state index in [1.54, 1.807) is 13.0 Å². The fraction of sp³-hybridized carbons (Fsp3) is 0.412. The van der Waals surface area contributed by atoms with Gasteiger partial charge in [0.2, 0.25) is 5.90 Å². The molecule has 1 aromatic carbocycles. The summed E-state index contributed by atoms with van der Waals surface area (Å²) in [4.78, 5) is 16.6. The molecule has 0 fully saturated rings. The second-order valence-electron chi connectivity index (χ2n) is 5.89. The van der Waals surface area contributed by atoms with E-state index in [2.05, 4.69) is 26.2 Å². The van der Waals surface area contributed by atoms with Crippen LogP contribution in [0.3, 0.4) is 0 Å². The Morgan fingerprint density at radius 2 is 2.04 bits per heavy atom. The Labute approximate surface area is 161 Å². The minimum Gasteiger partial charge on any atom is -0.483 e. The van der Waals surface area contributed by atoms with Crippen molar-refractivity contribution in [2.24, 2.45) is 10.9 Å². The van der Waals surface area contributed by atoms with Gasteiger partial charge in [0, 0.05) is 12.1 Å². The topological polar surface area (TPSA) is 59.9 Å². The van der Waals surface area contributed by atoms with Crippen molar-refractivity contribution in [1.82, 2.24) is 5.32 Å². The Balaban J connectivity index is 2.33. The number of ether oxygens (including phenoxy) is 2. The van der Waals surface area contributed by atoms with Crippen molar-refractivity contribution < 1.29 is 31.8 Å². The molecule has 27 heavy (non-hydrogen) atoms. The van der Waals surface area contributed by atoms with Gasteiger partial charge in [0.05, 0.1) is 17.1 Å². The molecule has 1 amide bonds. The van der Waals surface area contributed by atoms with Gasteiger partial charge in [0.25, 0.3) is 5.91 Å². The van der Waals surface area contributed by atoms with Crippen LogP contribution in [0.5, 0.6) is 5.75 Å². The van der Waals surface area contributed by atoms with Crippen molar-refractivity contribution in [3.05, 3.63) is 40.3 Å². The molecule has 1 aromatic rings. The van der Waals surface area contributed by atoms with E-state index in [1.165, 1.54) is 13.3 Å². The van der Waals surface area contributed by atoms with Gasteiger partial charge in [-0.1, -0.05) is 13.0 Å². The minimum absolute atomic E-state index is 0.128. The molecule has 1 N–H and O–H groups in total. The summed E-state index contributed by atoms with van der Waals surface area (Å²) in [7, 11) is 1.38. The van der Waals surface area contributed by atoms with Gasteiger partial charge >= 0.3 is 6.18 Å². The summed E-state index contributed by atoms with van der Waals surface area (Å²) in [6.07, 6.45) is -3.59. The van der Waals surface area contributed by atoms with Crippen LogP contribution >= 0.6 is 15.9 Å². The zero-order valence-corrected chi connectivity index (χ0v) is 16.2. The predicted octanol–water partition coefficient (Wildman–Crippen LogP) is 4.22. The van der Waals surface area contributed by atoms with E-state index in [-0.39, 0.29) is 21.9 Å². The molecule has 0 aliphatic carbocycles. The predicted molar refractivity (Wildman–Crippen MR) is 94.2 cm³/mol. The Hall–Kier alpha value is -2.10. The molecular weight excluding hydrogens is 436 g/mol. The standard InChI is InChI=1S/C17H17BrF4N2O3/c1-8-4-5-23-16(26-3)14(8)24-15(25)10-6-12(19)11(18)7-13(10)27-9(2)17(20,21)22/h4-9,14H,1-3H3,(H,24,25)/t8?,9-,14?/m0/s1. The zero-order chi connectivity index (χ0) is 20.4. The summed E-state index contributed by atoms with van der Waals surface area (Å²) < 4.78 is 62.2. The molecular formula is C17H17BrF4N2O3. The van der Waals surface area contributed by atoms with Gasteiger partial charge in [-0.15, -0.1) is 0 Å². The Morgan fingerprint density at radius 1 is 1.37 bits per heavy atom.